The summed E-state index contributed by atoms with van der Waals surface area (Å²) in [5.74, 6) is 1.18. The van der Waals surface area contributed by atoms with Crippen LogP contribution < -0.4 is 0 Å². The number of phenols is 2. The van der Waals surface area contributed by atoms with Gasteiger partial charge in [0.15, 0.2) is 0 Å². The Morgan fingerprint density at radius 1 is 0.585 bits per heavy atom. The van der Waals surface area contributed by atoms with Gasteiger partial charge in [-0.25, -0.2) is 0 Å². The monoisotopic (exact) mass is 554 g/mol. The van der Waals surface area contributed by atoms with E-state index in [-0.39, 0.29) is 40.1 Å². The largest absolute Gasteiger partial charge is 0.507 e. The molecule has 3 rings (SSSR count). The molecule has 4 nitrogen and oxygen atoms in total. The van der Waals surface area contributed by atoms with Crippen molar-refractivity contribution < 1.29 is 10.2 Å². The fourth-order valence-corrected chi connectivity index (χ4v) is 5.25. The summed E-state index contributed by atoms with van der Waals surface area (Å²) in [6, 6.07) is 14.0. The Hall–Kier alpha value is -3.40. The first kappa shape index (κ1) is 32.1. The van der Waals surface area contributed by atoms with Gasteiger partial charge < -0.3 is 10.2 Å². The third-order valence-electron chi connectivity index (χ3n) is 7.61. The standard InChI is InChI=1S/C37H50N2O2/c1-22(2)27-19-28(23(3)4)33(39-21-26-16-14-18-30(35(26)41)37(10,11)12)31(24(5)6)32(27)38-20-25-15-13-17-29(34(25)40)36(7,8)9/h13-24,40-41H,1-12H3. The minimum atomic E-state index is -0.184. The van der Waals surface area contributed by atoms with Crippen molar-refractivity contribution >= 4 is 23.8 Å². The lowest BCUT2D eigenvalue weighted by molar-refractivity contribution is 0.445. The van der Waals surface area contributed by atoms with E-state index in [2.05, 4.69) is 89.2 Å². The Balaban J connectivity index is 2.30. The van der Waals surface area contributed by atoms with E-state index in [0.29, 0.717) is 11.1 Å². The van der Waals surface area contributed by atoms with Gasteiger partial charge in [0.05, 0.1) is 11.4 Å². The Morgan fingerprint density at radius 2 is 0.951 bits per heavy atom. The molecule has 2 N–H and O–H groups in total. The molecule has 0 fully saturated rings. The molecule has 0 saturated carbocycles. The van der Waals surface area contributed by atoms with Gasteiger partial charge in [-0.1, -0.05) is 113 Å². The van der Waals surface area contributed by atoms with Crippen LogP contribution in [-0.4, -0.2) is 22.6 Å². The minimum Gasteiger partial charge on any atom is -0.507 e. The van der Waals surface area contributed by atoms with Crippen molar-refractivity contribution in [3.05, 3.63) is 81.4 Å². The van der Waals surface area contributed by atoms with Gasteiger partial charge in [-0.05, 0) is 63.0 Å². The zero-order chi connectivity index (χ0) is 30.9. The summed E-state index contributed by atoms with van der Waals surface area (Å²) in [5, 5.41) is 22.2. The van der Waals surface area contributed by atoms with Crippen molar-refractivity contribution in [1.82, 2.24) is 0 Å². The maximum absolute atomic E-state index is 11.1. The van der Waals surface area contributed by atoms with Crippen LogP contribution in [0.15, 0.2) is 52.4 Å². The quantitative estimate of drug-likeness (QED) is 0.285. The average molecular weight is 555 g/mol. The molecule has 0 aliphatic carbocycles. The fourth-order valence-electron chi connectivity index (χ4n) is 5.25. The van der Waals surface area contributed by atoms with Gasteiger partial charge in [0, 0.05) is 29.1 Å². The molecule has 0 spiro atoms. The van der Waals surface area contributed by atoms with Gasteiger partial charge >= 0.3 is 0 Å². The van der Waals surface area contributed by atoms with Crippen LogP contribution in [0.3, 0.4) is 0 Å². The summed E-state index contributed by atoms with van der Waals surface area (Å²) in [6.45, 7) is 25.7. The van der Waals surface area contributed by atoms with E-state index in [4.69, 9.17) is 9.98 Å². The van der Waals surface area contributed by atoms with E-state index in [1.54, 1.807) is 12.4 Å². The second-order valence-corrected chi connectivity index (χ2v) is 14.1. The average Bonchev–Trinajstić information content (AvgIpc) is 2.85. The van der Waals surface area contributed by atoms with Crippen molar-refractivity contribution in [1.29, 1.82) is 0 Å². The van der Waals surface area contributed by atoms with Gasteiger partial charge in [0.25, 0.3) is 0 Å². The van der Waals surface area contributed by atoms with E-state index in [9.17, 15) is 10.2 Å². The highest BCUT2D eigenvalue weighted by Gasteiger charge is 2.24. The Bertz CT molecular complexity index is 1340. The summed E-state index contributed by atoms with van der Waals surface area (Å²) < 4.78 is 0. The zero-order valence-corrected chi connectivity index (χ0v) is 27.2. The summed E-state index contributed by atoms with van der Waals surface area (Å²) in [4.78, 5) is 10.1. The SMILES string of the molecule is CC(C)c1cc(C(C)C)c(N=Cc2cccc(C(C)(C)C)c2O)c(C(C)C)c1N=Cc1cccc(C(C)(C)C)c1O. The molecule has 0 unspecified atom stereocenters. The molecule has 0 atom stereocenters. The Kier molecular flexibility index (Phi) is 9.58. The Labute approximate surface area is 248 Å². The van der Waals surface area contributed by atoms with E-state index < -0.39 is 0 Å². The van der Waals surface area contributed by atoms with E-state index in [1.807, 2.05) is 36.4 Å². The molecule has 41 heavy (non-hydrogen) atoms. The molecule has 0 bridgehead atoms. The Morgan fingerprint density at radius 3 is 1.24 bits per heavy atom. The molecule has 0 amide bonds. The molecule has 0 aromatic heterocycles. The maximum Gasteiger partial charge on any atom is 0.128 e. The summed E-state index contributed by atoms with van der Waals surface area (Å²) in [6.07, 6.45) is 3.58. The van der Waals surface area contributed by atoms with Gasteiger partial charge in [-0.2, -0.15) is 0 Å². The highest BCUT2D eigenvalue weighted by atomic mass is 16.3. The molecular formula is C37H50N2O2. The third-order valence-corrected chi connectivity index (χ3v) is 7.61. The van der Waals surface area contributed by atoms with Crippen LogP contribution in [0, 0.1) is 0 Å². The molecule has 0 aliphatic rings. The highest BCUT2D eigenvalue weighted by molar-refractivity contribution is 5.90. The normalized spacial score (nSPS) is 13.0. The molecule has 0 saturated heterocycles. The lowest BCUT2D eigenvalue weighted by Crippen LogP contribution is -2.11. The van der Waals surface area contributed by atoms with Gasteiger partial charge in [-0.3, -0.25) is 9.98 Å². The lowest BCUT2D eigenvalue weighted by Gasteiger charge is -2.24. The van der Waals surface area contributed by atoms with Crippen LogP contribution in [0.1, 0.15) is 140 Å². The van der Waals surface area contributed by atoms with Crippen LogP contribution >= 0.6 is 0 Å². The highest BCUT2D eigenvalue weighted by Crippen LogP contribution is 2.46. The number of hydrogen-bond donors (Lipinski definition) is 2. The van der Waals surface area contributed by atoms with Crippen molar-refractivity contribution in [3.63, 3.8) is 0 Å². The topological polar surface area (TPSA) is 65.2 Å². The number of aliphatic imine (C=N–C) groups is 2. The van der Waals surface area contributed by atoms with E-state index in [0.717, 1.165) is 39.2 Å². The van der Waals surface area contributed by atoms with E-state index in [1.165, 1.54) is 0 Å². The maximum atomic E-state index is 11.1. The number of para-hydroxylation sites is 2. The molecule has 4 heteroatoms. The third kappa shape index (κ3) is 7.09. The van der Waals surface area contributed by atoms with Crippen molar-refractivity contribution in [2.75, 3.05) is 0 Å². The number of benzene rings is 3. The van der Waals surface area contributed by atoms with Gasteiger partial charge in [0.2, 0.25) is 0 Å². The number of phenolic OH excluding ortho intramolecular Hbond substituents is 2. The molecule has 0 aliphatic heterocycles. The second-order valence-electron chi connectivity index (χ2n) is 14.1. The van der Waals surface area contributed by atoms with Crippen LogP contribution in [0.2, 0.25) is 0 Å². The van der Waals surface area contributed by atoms with Gasteiger partial charge in [0.1, 0.15) is 11.5 Å². The first-order valence-corrected chi connectivity index (χ1v) is 14.9. The molecular weight excluding hydrogens is 504 g/mol. The minimum absolute atomic E-state index is 0.148. The molecule has 220 valence electrons. The lowest BCUT2D eigenvalue weighted by atomic mass is 9.85. The predicted octanol–water partition coefficient (Wildman–Crippen LogP) is 10.6. The summed E-state index contributed by atoms with van der Waals surface area (Å²) in [5.41, 5.74) is 8.03. The fraction of sp³-hybridized carbons (Fsp3) is 0.459. The number of hydrogen-bond acceptors (Lipinski definition) is 4. The molecule has 3 aromatic carbocycles. The smallest absolute Gasteiger partial charge is 0.128 e. The van der Waals surface area contributed by atoms with Crippen molar-refractivity contribution in [3.8, 4) is 11.5 Å². The van der Waals surface area contributed by atoms with Crippen LogP contribution in [-0.2, 0) is 10.8 Å². The predicted molar refractivity (Wildman–Crippen MR) is 177 cm³/mol. The zero-order valence-electron chi connectivity index (χ0n) is 27.2. The first-order chi connectivity index (χ1) is 18.9. The van der Waals surface area contributed by atoms with Crippen molar-refractivity contribution in [2.24, 2.45) is 9.98 Å². The number of aromatic hydroxyl groups is 2. The van der Waals surface area contributed by atoms with Gasteiger partial charge in [-0.15, -0.1) is 0 Å². The van der Waals surface area contributed by atoms with Crippen LogP contribution in [0.5, 0.6) is 11.5 Å². The second kappa shape index (κ2) is 12.2. The van der Waals surface area contributed by atoms with Crippen molar-refractivity contribution in [2.45, 2.75) is 112 Å². The van der Waals surface area contributed by atoms with Crippen LogP contribution in [0.4, 0.5) is 11.4 Å². The summed E-state index contributed by atoms with van der Waals surface area (Å²) >= 11 is 0. The molecule has 0 heterocycles. The molecule has 3 aromatic rings. The van der Waals surface area contributed by atoms with Crippen LogP contribution in [0.25, 0.3) is 0 Å². The number of rotatable bonds is 7. The number of nitrogens with zero attached hydrogens (tertiary/aromatic N) is 2. The van der Waals surface area contributed by atoms with E-state index >= 15 is 0 Å². The summed E-state index contributed by atoms with van der Waals surface area (Å²) in [7, 11) is 0. The molecule has 0 radical (unpaired) electrons. The first-order valence-electron chi connectivity index (χ1n) is 14.9.